The molecule has 2 heterocycles. The number of sulfone groups is 1. The third kappa shape index (κ3) is 6.61. The van der Waals surface area contributed by atoms with Gasteiger partial charge in [-0.05, 0) is 77.4 Å². The van der Waals surface area contributed by atoms with Gasteiger partial charge in [0.1, 0.15) is 5.82 Å². The molecule has 7 rings (SSSR count). The monoisotopic (exact) mass is 680 g/mol. The molecule has 48 heavy (non-hydrogen) atoms. The van der Waals surface area contributed by atoms with E-state index < -0.39 is 25.9 Å². The number of nitrogens with one attached hydrogen (secondary N) is 1. The van der Waals surface area contributed by atoms with E-state index in [4.69, 9.17) is 4.98 Å². The zero-order valence-corrected chi connectivity index (χ0v) is 28.1. The van der Waals surface area contributed by atoms with Gasteiger partial charge >= 0.3 is 10.2 Å². The third-order valence-corrected chi connectivity index (χ3v) is 11.5. The average Bonchev–Trinajstić information content (AvgIpc) is 3.63. The summed E-state index contributed by atoms with van der Waals surface area (Å²) in [7, 11) is -7.25. The Morgan fingerprint density at radius 2 is 1.38 bits per heavy atom. The van der Waals surface area contributed by atoms with E-state index in [0.29, 0.717) is 23.7 Å². The van der Waals surface area contributed by atoms with Crippen molar-refractivity contribution in [1.82, 2.24) is 14.3 Å². The van der Waals surface area contributed by atoms with Crippen LogP contribution in [0.3, 0.4) is 0 Å². The number of aliphatic hydroxyl groups excluding tert-OH is 1. The number of rotatable bonds is 8. The highest BCUT2D eigenvalue weighted by Gasteiger charge is 2.28. The number of nitrogens with zero attached hydrogens (tertiary/aromatic N) is 3. The highest BCUT2D eigenvalue weighted by Crippen LogP contribution is 2.34. The summed E-state index contributed by atoms with van der Waals surface area (Å²) in [4.78, 5) is 5.20. The van der Waals surface area contributed by atoms with Gasteiger partial charge in [0.25, 0.3) is 0 Å². The molecule has 2 N–H and O–H groups in total. The first kappa shape index (κ1) is 31.7. The second-order valence-electron chi connectivity index (χ2n) is 12.5. The Bertz CT molecular complexity index is 2190. The molecule has 0 bridgehead atoms. The van der Waals surface area contributed by atoms with E-state index in [0.717, 1.165) is 38.7 Å². The lowest BCUT2D eigenvalue weighted by Gasteiger charge is -2.22. The van der Waals surface area contributed by atoms with E-state index in [1.54, 1.807) is 48.5 Å². The van der Waals surface area contributed by atoms with Gasteiger partial charge in [-0.15, -0.1) is 0 Å². The van der Waals surface area contributed by atoms with Crippen molar-refractivity contribution in [3.05, 3.63) is 132 Å². The van der Waals surface area contributed by atoms with E-state index in [9.17, 15) is 21.9 Å². The number of anilines is 1. The van der Waals surface area contributed by atoms with Gasteiger partial charge in [0.2, 0.25) is 5.88 Å². The fourth-order valence-electron chi connectivity index (χ4n) is 6.52. The summed E-state index contributed by atoms with van der Waals surface area (Å²) in [5, 5.41) is 9.70. The van der Waals surface area contributed by atoms with E-state index in [-0.39, 0.29) is 4.90 Å². The van der Waals surface area contributed by atoms with Gasteiger partial charge in [-0.25, -0.2) is 22.4 Å². The van der Waals surface area contributed by atoms with Crippen LogP contribution in [0.1, 0.15) is 55.0 Å². The van der Waals surface area contributed by atoms with E-state index in [2.05, 4.69) is 53.3 Å². The number of benzene rings is 4. The molecule has 11 heteroatoms. The molecule has 5 aromatic rings. The van der Waals surface area contributed by atoms with Crippen LogP contribution < -0.4 is 9.03 Å². The molecule has 9 nitrogen and oxygen atoms in total. The second kappa shape index (κ2) is 12.6. The summed E-state index contributed by atoms with van der Waals surface area (Å²) in [6, 6.07) is 31.0. The number of aliphatic hydroxyl groups is 1. The molecule has 0 spiro atoms. The summed E-state index contributed by atoms with van der Waals surface area (Å²) < 4.78 is 53.8. The van der Waals surface area contributed by atoms with E-state index in [1.807, 2.05) is 10.8 Å². The molecule has 0 atom stereocenters. The van der Waals surface area contributed by atoms with Crippen molar-refractivity contribution in [3.8, 4) is 28.1 Å². The average molecular weight is 681 g/mol. The van der Waals surface area contributed by atoms with Crippen molar-refractivity contribution in [2.45, 2.75) is 49.3 Å². The molecule has 1 aliphatic carbocycles. The van der Waals surface area contributed by atoms with Crippen LogP contribution in [-0.2, 0) is 26.5 Å². The zero-order chi connectivity index (χ0) is 33.5. The van der Waals surface area contributed by atoms with Crippen molar-refractivity contribution >= 4 is 25.7 Å². The highest BCUT2D eigenvalue weighted by atomic mass is 32.2. The molecule has 1 aliphatic heterocycles. The smallest absolute Gasteiger partial charge is 0.330 e. The van der Waals surface area contributed by atoms with Crippen LogP contribution in [0.4, 0.5) is 5.69 Å². The van der Waals surface area contributed by atoms with Gasteiger partial charge in [0, 0.05) is 30.1 Å². The van der Waals surface area contributed by atoms with Crippen molar-refractivity contribution in [2.75, 3.05) is 10.6 Å². The van der Waals surface area contributed by atoms with Crippen molar-refractivity contribution < 1.29 is 21.9 Å². The Labute approximate surface area is 281 Å². The lowest BCUT2D eigenvalue weighted by molar-refractivity contribution is 0.392. The summed E-state index contributed by atoms with van der Waals surface area (Å²) in [5.41, 5.74) is 7.37. The van der Waals surface area contributed by atoms with Gasteiger partial charge in [0.05, 0.1) is 22.5 Å². The van der Waals surface area contributed by atoms with E-state index >= 15 is 0 Å². The second-order valence-corrected chi connectivity index (χ2v) is 16.0. The third-order valence-electron chi connectivity index (χ3n) is 9.11. The zero-order valence-electron chi connectivity index (χ0n) is 26.5. The van der Waals surface area contributed by atoms with Crippen LogP contribution >= 0.6 is 0 Å². The summed E-state index contributed by atoms with van der Waals surface area (Å²) in [6.45, 7) is 0. The number of hydrogen-bond acceptors (Lipinski definition) is 6. The molecule has 1 saturated carbocycles. The summed E-state index contributed by atoms with van der Waals surface area (Å²) in [6.07, 6.45) is 11.2. The Kier molecular flexibility index (Phi) is 8.34. The topological polar surface area (TPSA) is 122 Å². The quantitative estimate of drug-likeness (QED) is 0.178. The maximum absolute atomic E-state index is 12.4. The van der Waals surface area contributed by atoms with E-state index in [1.165, 1.54) is 49.5 Å². The molecule has 1 aromatic heterocycles. The Morgan fingerprint density at radius 3 is 1.96 bits per heavy atom. The van der Waals surface area contributed by atoms with Crippen LogP contribution in [-0.4, -0.2) is 37.7 Å². The van der Waals surface area contributed by atoms with Crippen LogP contribution in [0.25, 0.3) is 28.1 Å². The van der Waals surface area contributed by atoms with Gasteiger partial charge in [0.15, 0.2) is 9.84 Å². The van der Waals surface area contributed by atoms with Gasteiger partial charge in [-0.1, -0.05) is 79.9 Å². The minimum absolute atomic E-state index is 0.233. The molecule has 246 valence electrons. The van der Waals surface area contributed by atoms with Gasteiger partial charge in [-0.2, -0.15) is 8.42 Å². The Balaban J connectivity index is 1.17. The minimum atomic E-state index is -3.91. The predicted molar refractivity (Wildman–Crippen MR) is 188 cm³/mol. The predicted octanol–water partition coefficient (Wildman–Crippen LogP) is 7.26. The largest absolute Gasteiger partial charge is 0.493 e. The maximum atomic E-state index is 12.4. The molecule has 0 unspecified atom stereocenters. The standard InChI is InChI=1S/C37H36N4O5S2/c1-47(43,44)34-21-15-31(16-22-34)35-24-40(32-17-19-33(20-18-32)41-25-37(42)39-48(41,45)46)36(38-35)23-26-7-9-28(10-8-26)30-13-11-29(12-14-30)27-5-3-2-4-6-27/h7-22,24-25,27,39,42H,2-6,23H2,1H3. The van der Waals surface area contributed by atoms with Gasteiger partial charge in [-0.3, -0.25) is 0 Å². The molecule has 1 fully saturated rings. The molecule has 0 saturated heterocycles. The molecular weight excluding hydrogens is 645 g/mol. The number of hydrogen-bond donors (Lipinski definition) is 2. The van der Waals surface area contributed by atoms with Crippen LogP contribution in [0.2, 0.25) is 0 Å². The van der Waals surface area contributed by atoms with Crippen molar-refractivity contribution in [2.24, 2.45) is 0 Å². The molecule has 0 amide bonds. The number of imidazole rings is 1. The first-order chi connectivity index (χ1) is 23.0. The van der Waals surface area contributed by atoms with Crippen LogP contribution in [0.5, 0.6) is 0 Å². The molecule has 4 aromatic carbocycles. The molecular formula is C37H36N4O5S2. The van der Waals surface area contributed by atoms with Crippen LogP contribution in [0, 0.1) is 0 Å². The Morgan fingerprint density at radius 1 is 0.792 bits per heavy atom. The first-order valence-electron chi connectivity index (χ1n) is 15.9. The first-order valence-corrected chi connectivity index (χ1v) is 19.3. The minimum Gasteiger partial charge on any atom is -0.493 e. The molecule has 2 aliphatic rings. The van der Waals surface area contributed by atoms with Crippen molar-refractivity contribution in [3.63, 3.8) is 0 Å². The SMILES string of the molecule is CS(=O)(=O)c1ccc(-c2cn(-c3ccc(N4C=C(O)NS4(=O)=O)cc3)c(Cc3ccc(-c4ccc(C5CCCCC5)cc4)cc3)n2)cc1. The lowest BCUT2D eigenvalue weighted by Crippen LogP contribution is -2.29. The Hall–Kier alpha value is -4.87. The normalized spacial score (nSPS) is 16.4. The number of aromatic nitrogens is 2. The highest BCUT2D eigenvalue weighted by molar-refractivity contribution is 7.91. The molecule has 0 radical (unpaired) electrons. The van der Waals surface area contributed by atoms with Crippen LogP contribution in [0.15, 0.2) is 120 Å². The fraction of sp³-hybridized carbons (Fsp3) is 0.216. The lowest BCUT2D eigenvalue weighted by atomic mass is 9.83. The van der Waals surface area contributed by atoms with Crippen molar-refractivity contribution in [1.29, 1.82) is 0 Å². The fourth-order valence-corrected chi connectivity index (χ4v) is 8.21. The maximum Gasteiger partial charge on any atom is 0.330 e. The van der Waals surface area contributed by atoms with Gasteiger partial charge < -0.3 is 9.67 Å². The summed E-state index contributed by atoms with van der Waals surface area (Å²) >= 11 is 0. The summed E-state index contributed by atoms with van der Waals surface area (Å²) in [5.74, 6) is 0.973.